The largest absolute Gasteiger partial charge is 0.300 e. The summed E-state index contributed by atoms with van der Waals surface area (Å²) in [5.74, 6) is 0. The molecule has 3 rings (SSSR count). The molecule has 0 unspecified atom stereocenters. The van der Waals surface area contributed by atoms with Crippen LogP contribution in [0.5, 0.6) is 0 Å². The maximum absolute atomic E-state index is 4.14. The normalized spacial score (nSPS) is 25.1. The van der Waals surface area contributed by atoms with E-state index in [4.69, 9.17) is 0 Å². The van der Waals surface area contributed by atoms with Gasteiger partial charge in [-0.15, -0.1) is 5.10 Å². The number of aromatic nitrogens is 3. The maximum Gasteiger partial charge on any atom is 0.0693 e. The van der Waals surface area contributed by atoms with E-state index in [0.29, 0.717) is 6.04 Å². The van der Waals surface area contributed by atoms with E-state index >= 15 is 0 Å². The Kier molecular flexibility index (Phi) is 3.93. The van der Waals surface area contributed by atoms with Crippen molar-refractivity contribution in [3.8, 4) is 0 Å². The van der Waals surface area contributed by atoms with Crippen LogP contribution in [0.2, 0.25) is 0 Å². The Morgan fingerprint density at radius 2 is 1.56 bits per heavy atom. The van der Waals surface area contributed by atoms with Gasteiger partial charge in [0.05, 0.1) is 12.2 Å². The molecule has 2 heterocycles. The van der Waals surface area contributed by atoms with Crippen molar-refractivity contribution in [1.29, 1.82) is 0 Å². The van der Waals surface area contributed by atoms with Crippen LogP contribution in [0.25, 0.3) is 0 Å². The highest BCUT2D eigenvalue weighted by molar-refractivity contribution is 4.83. The second-order valence-corrected chi connectivity index (χ2v) is 5.80. The second kappa shape index (κ2) is 5.83. The highest BCUT2D eigenvalue weighted by Crippen LogP contribution is 2.27. The lowest BCUT2D eigenvalue weighted by molar-refractivity contribution is 0.119. The van der Waals surface area contributed by atoms with Crippen LogP contribution >= 0.6 is 0 Å². The van der Waals surface area contributed by atoms with Crippen molar-refractivity contribution in [2.24, 2.45) is 0 Å². The van der Waals surface area contributed by atoms with Crippen molar-refractivity contribution in [2.75, 3.05) is 13.1 Å². The standard InChI is InChI=1S/C14H24N4/c1-2-4-6-13(5-3-1)17-10-7-14(8-11-17)18-12-9-15-16-18/h9,12-14H,1-8,10-11H2. The van der Waals surface area contributed by atoms with Gasteiger partial charge in [-0.1, -0.05) is 30.9 Å². The number of piperidine rings is 1. The van der Waals surface area contributed by atoms with Gasteiger partial charge >= 0.3 is 0 Å². The molecule has 1 aromatic rings. The quantitative estimate of drug-likeness (QED) is 0.755. The number of likely N-dealkylation sites (tertiary alicyclic amines) is 1. The summed E-state index contributed by atoms with van der Waals surface area (Å²) in [6.45, 7) is 2.49. The van der Waals surface area contributed by atoms with Crippen LogP contribution in [0.4, 0.5) is 0 Å². The first-order valence-electron chi connectivity index (χ1n) is 7.53. The van der Waals surface area contributed by atoms with Crippen molar-refractivity contribution in [3.05, 3.63) is 12.4 Å². The number of rotatable bonds is 2. The van der Waals surface area contributed by atoms with E-state index < -0.39 is 0 Å². The third-order valence-corrected chi connectivity index (χ3v) is 4.66. The molecular formula is C14H24N4. The van der Waals surface area contributed by atoms with Crippen LogP contribution < -0.4 is 0 Å². The Morgan fingerprint density at radius 1 is 0.833 bits per heavy atom. The lowest BCUT2D eigenvalue weighted by Gasteiger charge is -2.37. The van der Waals surface area contributed by atoms with Crippen molar-refractivity contribution in [1.82, 2.24) is 19.9 Å². The molecule has 0 atom stereocenters. The van der Waals surface area contributed by atoms with Gasteiger partial charge < -0.3 is 4.90 Å². The monoisotopic (exact) mass is 248 g/mol. The minimum atomic E-state index is 0.578. The van der Waals surface area contributed by atoms with Crippen LogP contribution in [-0.2, 0) is 0 Å². The van der Waals surface area contributed by atoms with Gasteiger partial charge in [0, 0.05) is 25.3 Å². The van der Waals surface area contributed by atoms with Gasteiger partial charge in [-0.2, -0.15) is 0 Å². The lowest BCUT2D eigenvalue weighted by atomic mass is 10.00. The summed E-state index contributed by atoms with van der Waals surface area (Å²) >= 11 is 0. The van der Waals surface area contributed by atoms with Crippen LogP contribution in [0.3, 0.4) is 0 Å². The van der Waals surface area contributed by atoms with Gasteiger partial charge in [0.1, 0.15) is 0 Å². The minimum Gasteiger partial charge on any atom is -0.300 e. The van der Waals surface area contributed by atoms with Crippen molar-refractivity contribution >= 4 is 0 Å². The fourth-order valence-corrected chi connectivity index (χ4v) is 3.55. The van der Waals surface area contributed by atoms with Gasteiger partial charge in [-0.25, -0.2) is 4.68 Å². The van der Waals surface area contributed by atoms with Crippen molar-refractivity contribution in [2.45, 2.75) is 63.5 Å². The van der Waals surface area contributed by atoms with Gasteiger partial charge in [0.25, 0.3) is 0 Å². The molecule has 2 aliphatic rings. The van der Waals surface area contributed by atoms with E-state index in [1.54, 1.807) is 6.20 Å². The van der Waals surface area contributed by atoms with Gasteiger partial charge in [0.2, 0.25) is 0 Å². The molecule has 1 aliphatic heterocycles. The van der Waals surface area contributed by atoms with Crippen LogP contribution in [0.1, 0.15) is 57.4 Å². The molecule has 1 aromatic heterocycles. The second-order valence-electron chi connectivity index (χ2n) is 5.80. The molecule has 18 heavy (non-hydrogen) atoms. The number of hydrogen-bond acceptors (Lipinski definition) is 3. The fourth-order valence-electron chi connectivity index (χ4n) is 3.55. The van der Waals surface area contributed by atoms with E-state index in [1.165, 1.54) is 64.5 Å². The van der Waals surface area contributed by atoms with Crippen molar-refractivity contribution < 1.29 is 0 Å². The molecule has 100 valence electrons. The molecule has 1 saturated heterocycles. The lowest BCUT2D eigenvalue weighted by Crippen LogP contribution is -2.41. The summed E-state index contributed by atoms with van der Waals surface area (Å²) in [7, 11) is 0. The molecule has 0 radical (unpaired) electrons. The van der Waals surface area contributed by atoms with Gasteiger partial charge in [-0.05, 0) is 25.7 Å². The number of hydrogen-bond donors (Lipinski definition) is 0. The summed E-state index contributed by atoms with van der Waals surface area (Å²) < 4.78 is 2.05. The zero-order valence-electron chi connectivity index (χ0n) is 11.2. The van der Waals surface area contributed by atoms with Crippen LogP contribution in [0, 0.1) is 0 Å². The molecule has 1 saturated carbocycles. The average molecular weight is 248 g/mol. The third-order valence-electron chi connectivity index (χ3n) is 4.66. The Morgan fingerprint density at radius 3 is 2.17 bits per heavy atom. The summed E-state index contributed by atoms with van der Waals surface area (Å²) in [6.07, 6.45) is 14.9. The van der Waals surface area contributed by atoms with E-state index in [2.05, 4.69) is 15.2 Å². The number of nitrogens with zero attached hydrogens (tertiary/aromatic N) is 4. The van der Waals surface area contributed by atoms with Crippen molar-refractivity contribution in [3.63, 3.8) is 0 Å². The first-order valence-corrected chi connectivity index (χ1v) is 7.53. The predicted octanol–water partition coefficient (Wildman–Crippen LogP) is 2.64. The minimum absolute atomic E-state index is 0.578. The van der Waals surface area contributed by atoms with Gasteiger partial charge in [-0.3, -0.25) is 0 Å². The first-order chi connectivity index (χ1) is 8.93. The highest BCUT2D eigenvalue weighted by Gasteiger charge is 2.26. The SMILES string of the molecule is c1cn(C2CCN(C3CCCCCC3)CC2)nn1. The predicted molar refractivity (Wildman–Crippen MR) is 71.4 cm³/mol. The molecule has 1 aliphatic carbocycles. The summed E-state index contributed by atoms with van der Waals surface area (Å²) in [6, 6.07) is 1.44. The summed E-state index contributed by atoms with van der Waals surface area (Å²) in [5, 5.41) is 8.06. The molecule has 4 heteroatoms. The zero-order chi connectivity index (χ0) is 12.2. The molecule has 0 N–H and O–H groups in total. The molecule has 2 fully saturated rings. The molecule has 0 amide bonds. The van der Waals surface area contributed by atoms with Crippen LogP contribution in [-0.4, -0.2) is 39.0 Å². The smallest absolute Gasteiger partial charge is 0.0693 e. The first kappa shape index (κ1) is 12.2. The molecule has 0 spiro atoms. The molecule has 0 bridgehead atoms. The Labute approximate surface area is 109 Å². The van der Waals surface area contributed by atoms with E-state index in [1.807, 2.05) is 10.9 Å². The summed E-state index contributed by atoms with van der Waals surface area (Å²) in [4.78, 5) is 2.73. The van der Waals surface area contributed by atoms with Gasteiger partial charge in [0.15, 0.2) is 0 Å². The topological polar surface area (TPSA) is 34.0 Å². The summed E-state index contributed by atoms with van der Waals surface area (Å²) in [5.41, 5.74) is 0. The maximum atomic E-state index is 4.14. The molecule has 4 nitrogen and oxygen atoms in total. The zero-order valence-corrected chi connectivity index (χ0v) is 11.2. The Bertz CT molecular complexity index is 333. The third kappa shape index (κ3) is 2.74. The Hall–Kier alpha value is -0.900. The van der Waals surface area contributed by atoms with E-state index in [-0.39, 0.29) is 0 Å². The Balaban J connectivity index is 1.53. The fraction of sp³-hybridized carbons (Fsp3) is 0.857. The molecular weight excluding hydrogens is 224 g/mol. The highest BCUT2D eigenvalue weighted by atomic mass is 15.4. The average Bonchev–Trinajstić information content (AvgIpc) is 2.82. The molecule has 0 aromatic carbocycles. The van der Waals surface area contributed by atoms with E-state index in [9.17, 15) is 0 Å². The van der Waals surface area contributed by atoms with Crippen LogP contribution in [0.15, 0.2) is 12.4 Å². The van der Waals surface area contributed by atoms with E-state index in [0.717, 1.165) is 6.04 Å².